The van der Waals surface area contributed by atoms with Gasteiger partial charge >= 0.3 is 37.7 Å². The van der Waals surface area contributed by atoms with E-state index < -0.39 is 24.0 Å². The molecule has 0 fully saturated rings. The van der Waals surface area contributed by atoms with Crippen LogP contribution in [-0.4, -0.2) is 122 Å². The number of aliphatic carboxylic acids is 2. The fraction of sp³-hybridized carbons (Fsp3) is 0.875. The first kappa shape index (κ1) is 33.5. The van der Waals surface area contributed by atoms with Crippen molar-refractivity contribution in [3.05, 3.63) is 0 Å². The Bertz CT molecular complexity index is 349. The Labute approximate surface area is 201 Å². The van der Waals surface area contributed by atoms with E-state index in [4.69, 9.17) is 20.4 Å². The molecule has 0 unspecified atom stereocenters. The smallest absolute Gasteiger partial charge is 0.548 e. The van der Waals surface area contributed by atoms with Gasteiger partial charge in [-0.05, 0) is 38.8 Å². The van der Waals surface area contributed by atoms with Gasteiger partial charge in [-0.2, -0.15) is 0 Å². The predicted octanol–water partition coefficient (Wildman–Crippen LogP) is -5.67. The molecule has 0 aliphatic heterocycles. The molecule has 0 saturated heterocycles. The summed E-state index contributed by atoms with van der Waals surface area (Å²) in [6.07, 6.45) is 3.76. The van der Waals surface area contributed by atoms with Crippen LogP contribution in [0.3, 0.4) is 0 Å². The number of hydrogen-bond acceptors (Lipinski definition) is 12. The first-order valence-electron chi connectivity index (χ1n) is 9.17. The fourth-order valence-corrected chi connectivity index (χ4v) is 2.18. The third-order valence-corrected chi connectivity index (χ3v) is 3.66. The Morgan fingerprint density at radius 2 is 1.00 bits per heavy atom. The van der Waals surface area contributed by atoms with Gasteiger partial charge in [0.1, 0.15) is 0 Å². The van der Waals surface area contributed by atoms with E-state index in [-0.39, 0.29) is 64.7 Å². The summed E-state index contributed by atoms with van der Waals surface area (Å²) in [6.45, 7) is 0.420. The van der Waals surface area contributed by atoms with E-state index >= 15 is 0 Å². The van der Waals surface area contributed by atoms with Crippen molar-refractivity contribution in [1.82, 2.24) is 21.3 Å². The zero-order chi connectivity index (χ0) is 21.6. The normalized spacial score (nSPS) is 12.3. The van der Waals surface area contributed by atoms with Crippen LogP contribution >= 0.6 is 0 Å². The molecule has 0 aromatic heterocycles. The van der Waals surface area contributed by atoms with Gasteiger partial charge in [-0.25, -0.2) is 0 Å². The molecule has 0 bridgehead atoms. The van der Waals surface area contributed by atoms with Crippen molar-refractivity contribution in [2.75, 3.05) is 40.0 Å². The summed E-state index contributed by atoms with van der Waals surface area (Å²) in [5.41, 5.74) is 0. The van der Waals surface area contributed by atoms with Crippen LogP contribution in [0.1, 0.15) is 38.5 Å². The number of carboxylic acids is 2. The minimum absolute atomic E-state index is 0. The van der Waals surface area contributed by atoms with Gasteiger partial charge in [-0.1, -0.05) is 12.8 Å². The molecule has 0 radical (unpaired) electrons. The average molecular weight is 451 g/mol. The van der Waals surface area contributed by atoms with Crippen LogP contribution in [-0.2, 0) is 9.59 Å². The van der Waals surface area contributed by atoms with E-state index in [2.05, 4.69) is 21.3 Å². The monoisotopic (exact) mass is 450 g/mol. The second-order valence-corrected chi connectivity index (χ2v) is 5.78. The van der Waals surface area contributed by atoms with Crippen molar-refractivity contribution in [2.45, 2.75) is 50.6 Å². The molecule has 29 heavy (non-hydrogen) atoms. The fourth-order valence-electron chi connectivity index (χ4n) is 2.18. The maximum atomic E-state index is 10.5. The third-order valence-electron chi connectivity index (χ3n) is 3.66. The molecule has 0 amide bonds. The Morgan fingerprint density at radius 1 is 0.655 bits per heavy atom. The number of carbonyl (C=O) groups is 2. The quantitative estimate of drug-likeness (QED) is 0.0558. The van der Waals surface area contributed by atoms with Gasteiger partial charge in [-0.3, -0.25) is 21.3 Å². The molecule has 13 heteroatoms. The van der Waals surface area contributed by atoms with Gasteiger partial charge in [0.15, 0.2) is 0 Å². The van der Waals surface area contributed by atoms with E-state index in [1.165, 1.54) is 0 Å². The summed E-state index contributed by atoms with van der Waals surface area (Å²) < 4.78 is 0. The van der Waals surface area contributed by atoms with Crippen molar-refractivity contribution < 1.29 is 40.2 Å². The van der Waals surface area contributed by atoms with E-state index in [0.717, 1.165) is 12.8 Å². The first-order chi connectivity index (χ1) is 13.4. The van der Waals surface area contributed by atoms with Crippen LogP contribution in [0.15, 0.2) is 0 Å². The van der Waals surface area contributed by atoms with E-state index in [1.54, 1.807) is 0 Å². The molecule has 0 heterocycles. The average Bonchev–Trinajstić information content (AvgIpc) is 2.66. The Hall–Kier alpha value is -0.120. The summed E-state index contributed by atoms with van der Waals surface area (Å²) >= 11 is 0. The Balaban J connectivity index is -0.000000451. The Morgan fingerprint density at radius 3 is 1.24 bits per heavy atom. The zero-order valence-corrected chi connectivity index (χ0v) is 19.0. The van der Waals surface area contributed by atoms with Crippen molar-refractivity contribution in [1.29, 1.82) is 0 Å². The number of aliphatic hydroxyl groups excluding tert-OH is 4. The van der Waals surface area contributed by atoms with Gasteiger partial charge in [-0.15, -0.1) is 0 Å². The minimum Gasteiger partial charge on any atom is -0.548 e. The number of carbonyl (C=O) groups excluding carboxylic acids is 2. The SMILES string of the molecule is O=C([O-])[C@H](CCCCNCO)NCO.O=C([O-])[C@H](CCCCNCO)NCO.[Ca+2]. The standard InChI is InChI=1S/2C8H18N2O4.Ca/c2*11-5-9-4-2-1-3-7(8(13)14)10-6-12;/h2*7,9-12H,1-6H2,(H,13,14);/q;;+2/p-2/t2*7-;/m00./s1. The number of hydrogen-bond donors (Lipinski definition) is 8. The van der Waals surface area contributed by atoms with E-state index in [0.29, 0.717) is 38.8 Å². The molecular weight excluding hydrogens is 416 g/mol. The third kappa shape index (κ3) is 24.0. The predicted molar refractivity (Wildman–Crippen MR) is 102 cm³/mol. The maximum Gasteiger partial charge on any atom is 2.00 e. The summed E-state index contributed by atoms with van der Waals surface area (Å²) in [7, 11) is 0. The second-order valence-electron chi connectivity index (χ2n) is 5.78. The summed E-state index contributed by atoms with van der Waals surface area (Å²) in [5, 5.41) is 64.9. The number of rotatable bonds is 18. The van der Waals surface area contributed by atoms with Crippen molar-refractivity contribution in [3.63, 3.8) is 0 Å². The molecule has 0 aromatic rings. The van der Waals surface area contributed by atoms with Crippen molar-refractivity contribution >= 4 is 49.7 Å². The molecule has 0 aliphatic rings. The summed E-state index contributed by atoms with van der Waals surface area (Å²) in [5.74, 6) is -2.40. The van der Waals surface area contributed by atoms with Gasteiger partial charge in [0.05, 0.1) is 38.9 Å². The summed E-state index contributed by atoms with van der Waals surface area (Å²) in [4.78, 5) is 20.9. The number of carboxylic acid groups (broad SMARTS) is 2. The first-order valence-corrected chi connectivity index (χ1v) is 9.17. The van der Waals surface area contributed by atoms with Crippen LogP contribution < -0.4 is 31.5 Å². The molecule has 0 aliphatic carbocycles. The summed E-state index contributed by atoms with van der Waals surface area (Å²) in [6, 6.07) is -1.59. The van der Waals surface area contributed by atoms with Gasteiger partial charge in [0, 0.05) is 12.1 Å². The topological polar surface area (TPSA) is 209 Å². The molecule has 0 rings (SSSR count). The molecule has 8 N–H and O–H groups in total. The zero-order valence-electron chi connectivity index (χ0n) is 16.8. The molecule has 0 aromatic carbocycles. The van der Waals surface area contributed by atoms with Gasteiger partial charge in [0.25, 0.3) is 0 Å². The van der Waals surface area contributed by atoms with Crippen LogP contribution in [0.2, 0.25) is 0 Å². The molecule has 0 saturated carbocycles. The molecule has 2 atom stereocenters. The number of aliphatic hydroxyl groups is 4. The minimum atomic E-state index is -1.20. The molecular formula is C16H34CaN4O8. The molecule has 168 valence electrons. The van der Waals surface area contributed by atoms with Gasteiger partial charge in [0.2, 0.25) is 0 Å². The van der Waals surface area contributed by atoms with Crippen LogP contribution in [0.4, 0.5) is 0 Å². The van der Waals surface area contributed by atoms with E-state index in [9.17, 15) is 19.8 Å². The second kappa shape index (κ2) is 25.9. The molecule has 0 spiro atoms. The van der Waals surface area contributed by atoms with Gasteiger partial charge < -0.3 is 40.2 Å². The van der Waals surface area contributed by atoms with Crippen LogP contribution in [0, 0.1) is 0 Å². The largest absolute Gasteiger partial charge is 2.00 e. The Kier molecular flexibility index (Phi) is 30.0. The van der Waals surface area contributed by atoms with E-state index in [1.807, 2.05) is 0 Å². The van der Waals surface area contributed by atoms with Crippen molar-refractivity contribution in [3.8, 4) is 0 Å². The van der Waals surface area contributed by atoms with Crippen LogP contribution in [0.5, 0.6) is 0 Å². The number of nitrogens with one attached hydrogen (secondary N) is 4. The maximum absolute atomic E-state index is 10.5. The number of unbranched alkanes of at least 4 members (excludes halogenated alkanes) is 2. The van der Waals surface area contributed by atoms with Crippen molar-refractivity contribution in [2.24, 2.45) is 0 Å². The van der Waals surface area contributed by atoms with Crippen LogP contribution in [0.25, 0.3) is 0 Å². The molecule has 12 nitrogen and oxygen atoms in total.